The lowest BCUT2D eigenvalue weighted by atomic mass is 10.0. The summed E-state index contributed by atoms with van der Waals surface area (Å²) in [6.45, 7) is 4.59. The van der Waals surface area contributed by atoms with Crippen molar-refractivity contribution in [1.29, 1.82) is 0 Å². The first-order chi connectivity index (χ1) is 9.86. The monoisotopic (exact) mass is 302 g/mol. The maximum absolute atomic E-state index is 11.6. The number of ether oxygens (including phenoxy) is 2. The minimum Gasteiger partial charge on any atom is -0.468 e. The van der Waals surface area contributed by atoms with Crippen LogP contribution in [0.3, 0.4) is 0 Å². The molecule has 8 heteroatoms. The van der Waals surface area contributed by atoms with Crippen LogP contribution in [0.5, 0.6) is 0 Å². The standard InChI is InChI=1S/C13H22N2O6/c1-8(2)10(12(17)20-3)14-4-5-21-11(16)9-6-15(7-9)13(18)19/h8-10,14H,4-7H2,1-3H3,(H,18,19). The van der Waals surface area contributed by atoms with E-state index >= 15 is 0 Å². The molecule has 0 aromatic rings. The molecule has 0 radical (unpaired) electrons. The lowest BCUT2D eigenvalue weighted by Gasteiger charge is -2.35. The van der Waals surface area contributed by atoms with Crippen molar-refractivity contribution < 1.29 is 29.0 Å². The molecule has 1 rings (SSSR count). The topological polar surface area (TPSA) is 105 Å². The van der Waals surface area contributed by atoms with Crippen LogP contribution in [0, 0.1) is 11.8 Å². The van der Waals surface area contributed by atoms with Gasteiger partial charge in [-0.2, -0.15) is 0 Å². The number of hydrogen-bond acceptors (Lipinski definition) is 6. The van der Waals surface area contributed by atoms with Gasteiger partial charge in [0, 0.05) is 19.6 Å². The fraction of sp³-hybridized carbons (Fsp3) is 0.769. The molecule has 0 aromatic carbocycles. The van der Waals surface area contributed by atoms with Gasteiger partial charge in [0.05, 0.1) is 13.0 Å². The third kappa shape index (κ3) is 4.89. The summed E-state index contributed by atoms with van der Waals surface area (Å²) in [5.41, 5.74) is 0. The predicted octanol–water partition coefficient (Wildman–Crippen LogP) is -0.0734. The number of methoxy groups -OCH3 is 1. The smallest absolute Gasteiger partial charge is 0.407 e. The number of amides is 1. The van der Waals surface area contributed by atoms with Gasteiger partial charge in [0.2, 0.25) is 0 Å². The lowest BCUT2D eigenvalue weighted by molar-refractivity contribution is -0.153. The Hall–Kier alpha value is -1.83. The highest BCUT2D eigenvalue weighted by Crippen LogP contribution is 2.16. The lowest BCUT2D eigenvalue weighted by Crippen LogP contribution is -2.53. The van der Waals surface area contributed by atoms with Crippen LogP contribution in [0.15, 0.2) is 0 Å². The quantitative estimate of drug-likeness (QED) is 0.501. The molecule has 2 N–H and O–H groups in total. The number of rotatable bonds is 7. The Labute approximate surface area is 123 Å². The summed E-state index contributed by atoms with van der Waals surface area (Å²) in [6, 6.07) is -0.445. The van der Waals surface area contributed by atoms with Gasteiger partial charge in [-0.1, -0.05) is 13.8 Å². The molecule has 1 saturated heterocycles. The van der Waals surface area contributed by atoms with Crippen molar-refractivity contribution in [2.24, 2.45) is 11.8 Å². The van der Waals surface area contributed by atoms with E-state index in [2.05, 4.69) is 10.1 Å². The van der Waals surface area contributed by atoms with Crippen molar-refractivity contribution in [3.8, 4) is 0 Å². The van der Waals surface area contributed by atoms with Crippen molar-refractivity contribution in [2.45, 2.75) is 19.9 Å². The Morgan fingerprint density at radius 3 is 2.43 bits per heavy atom. The Morgan fingerprint density at radius 1 is 1.33 bits per heavy atom. The molecule has 1 unspecified atom stereocenters. The molecule has 0 spiro atoms. The van der Waals surface area contributed by atoms with Crippen molar-refractivity contribution in [3.05, 3.63) is 0 Å². The zero-order chi connectivity index (χ0) is 16.0. The van der Waals surface area contributed by atoms with Crippen LogP contribution in [0.25, 0.3) is 0 Å². The first kappa shape index (κ1) is 17.2. The molecule has 1 amide bonds. The molecule has 1 fully saturated rings. The number of nitrogens with one attached hydrogen (secondary N) is 1. The molecule has 1 aliphatic heterocycles. The molecule has 1 aliphatic rings. The molecule has 120 valence electrons. The van der Waals surface area contributed by atoms with Crippen LogP contribution < -0.4 is 5.32 Å². The third-order valence-electron chi connectivity index (χ3n) is 3.32. The van der Waals surface area contributed by atoms with Gasteiger partial charge in [0.25, 0.3) is 0 Å². The summed E-state index contributed by atoms with van der Waals surface area (Å²) in [5, 5.41) is 11.6. The van der Waals surface area contributed by atoms with Crippen molar-refractivity contribution in [2.75, 3.05) is 33.4 Å². The molecule has 0 saturated carbocycles. The maximum atomic E-state index is 11.6. The predicted molar refractivity (Wildman–Crippen MR) is 72.7 cm³/mol. The first-order valence-corrected chi connectivity index (χ1v) is 6.82. The van der Waals surface area contributed by atoms with Crippen LogP contribution >= 0.6 is 0 Å². The summed E-state index contributed by atoms with van der Waals surface area (Å²) >= 11 is 0. The van der Waals surface area contributed by atoms with Crippen molar-refractivity contribution in [3.63, 3.8) is 0 Å². The van der Waals surface area contributed by atoms with Gasteiger partial charge in [0.1, 0.15) is 12.6 Å². The zero-order valence-corrected chi connectivity index (χ0v) is 12.5. The first-order valence-electron chi connectivity index (χ1n) is 6.82. The van der Waals surface area contributed by atoms with E-state index in [1.807, 2.05) is 13.8 Å². The Morgan fingerprint density at radius 2 is 1.95 bits per heavy atom. The second kappa shape index (κ2) is 7.82. The number of likely N-dealkylation sites (tertiary alicyclic amines) is 1. The molecule has 1 heterocycles. The number of hydrogen-bond donors (Lipinski definition) is 2. The van der Waals surface area contributed by atoms with Gasteiger partial charge in [-0.3, -0.25) is 9.59 Å². The van der Waals surface area contributed by atoms with E-state index in [-0.39, 0.29) is 37.5 Å². The molecule has 0 aliphatic carbocycles. The van der Waals surface area contributed by atoms with Crippen molar-refractivity contribution in [1.82, 2.24) is 10.2 Å². The van der Waals surface area contributed by atoms with Gasteiger partial charge < -0.3 is 24.8 Å². The second-order valence-corrected chi connectivity index (χ2v) is 5.25. The summed E-state index contributed by atoms with van der Waals surface area (Å²) in [4.78, 5) is 34.8. The average Bonchev–Trinajstić information content (AvgIpc) is 2.35. The Balaban J connectivity index is 2.20. The number of nitrogens with zero attached hydrogens (tertiary/aromatic N) is 1. The Kier molecular flexibility index (Phi) is 6.41. The molecular weight excluding hydrogens is 280 g/mol. The number of carbonyl (C=O) groups excluding carboxylic acids is 2. The van der Waals surface area contributed by atoms with E-state index in [1.54, 1.807) is 0 Å². The summed E-state index contributed by atoms with van der Waals surface area (Å²) < 4.78 is 9.72. The van der Waals surface area contributed by atoms with E-state index < -0.39 is 18.1 Å². The number of carboxylic acid groups (broad SMARTS) is 1. The summed E-state index contributed by atoms with van der Waals surface area (Å²) in [6.07, 6.45) is -1.03. The van der Waals surface area contributed by atoms with E-state index in [0.717, 1.165) is 4.90 Å². The highest BCUT2D eigenvalue weighted by atomic mass is 16.5. The maximum Gasteiger partial charge on any atom is 0.407 e. The van der Waals surface area contributed by atoms with Crippen LogP contribution in [-0.4, -0.2) is 67.4 Å². The van der Waals surface area contributed by atoms with Crippen LogP contribution in [0.2, 0.25) is 0 Å². The van der Waals surface area contributed by atoms with Crippen LogP contribution in [-0.2, 0) is 19.1 Å². The normalized spacial score (nSPS) is 16.3. The van der Waals surface area contributed by atoms with Crippen molar-refractivity contribution >= 4 is 18.0 Å². The fourth-order valence-electron chi connectivity index (χ4n) is 1.99. The van der Waals surface area contributed by atoms with Gasteiger partial charge in [0.15, 0.2) is 0 Å². The highest BCUT2D eigenvalue weighted by molar-refractivity contribution is 5.77. The largest absolute Gasteiger partial charge is 0.468 e. The summed E-state index contributed by atoms with van der Waals surface area (Å²) in [5.74, 6) is -1.09. The number of esters is 2. The molecule has 1 atom stereocenters. The summed E-state index contributed by atoms with van der Waals surface area (Å²) in [7, 11) is 1.32. The molecule has 0 bridgehead atoms. The second-order valence-electron chi connectivity index (χ2n) is 5.25. The molecule has 21 heavy (non-hydrogen) atoms. The minimum absolute atomic E-state index is 0.0592. The van der Waals surface area contributed by atoms with E-state index in [0.29, 0.717) is 6.54 Å². The molecule has 8 nitrogen and oxygen atoms in total. The third-order valence-corrected chi connectivity index (χ3v) is 3.32. The SMILES string of the molecule is COC(=O)C(NCCOC(=O)C1CN(C(=O)O)C1)C(C)C. The number of carbonyl (C=O) groups is 3. The van der Waals surface area contributed by atoms with Crippen LogP contribution in [0.4, 0.5) is 4.79 Å². The van der Waals surface area contributed by atoms with Gasteiger partial charge in [-0.15, -0.1) is 0 Å². The fourth-order valence-corrected chi connectivity index (χ4v) is 1.99. The van der Waals surface area contributed by atoms with E-state index in [4.69, 9.17) is 9.84 Å². The Bertz CT molecular complexity index is 392. The van der Waals surface area contributed by atoms with Gasteiger partial charge in [-0.25, -0.2) is 4.79 Å². The average molecular weight is 302 g/mol. The van der Waals surface area contributed by atoms with E-state index in [1.165, 1.54) is 7.11 Å². The van der Waals surface area contributed by atoms with E-state index in [9.17, 15) is 14.4 Å². The van der Waals surface area contributed by atoms with Crippen LogP contribution in [0.1, 0.15) is 13.8 Å². The zero-order valence-electron chi connectivity index (χ0n) is 12.5. The highest BCUT2D eigenvalue weighted by Gasteiger charge is 2.36. The minimum atomic E-state index is -1.03. The molecular formula is C13H22N2O6. The van der Waals surface area contributed by atoms with Gasteiger partial charge in [-0.05, 0) is 5.92 Å². The molecule has 0 aromatic heterocycles. The van der Waals surface area contributed by atoms with Gasteiger partial charge >= 0.3 is 18.0 Å².